The Labute approximate surface area is 184 Å². The van der Waals surface area contributed by atoms with Gasteiger partial charge < -0.3 is 29.7 Å². The summed E-state index contributed by atoms with van der Waals surface area (Å²) in [6, 6.07) is 14.4. The number of hydrogen-bond acceptors (Lipinski definition) is 5. The molecule has 2 N–H and O–H groups in total. The first kappa shape index (κ1) is 22.2. The van der Waals surface area contributed by atoms with E-state index in [1.54, 1.807) is 0 Å². The largest absolute Gasteiger partial charge is 0.492 e. The maximum atomic E-state index is 5.94. The minimum atomic E-state index is 0.563. The average Bonchev–Trinajstić information content (AvgIpc) is 2.77. The second-order valence-corrected chi connectivity index (χ2v) is 7.31. The van der Waals surface area contributed by atoms with Gasteiger partial charge in [0.2, 0.25) is 0 Å². The minimum absolute atomic E-state index is 0.563. The van der Waals surface area contributed by atoms with Crippen LogP contribution in [0.4, 0.5) is 11.4 Å². The predicted octanol–water partition coefficient (Wildman–Crippen LogP) is 3.85. The fraction of sp³-hybridized carbons (Fsp3) is 0.435. The lowest BCUT2D eigenvalue weighted by Crippen LogP contribution is -2.36. The topological polar surface area (TPSA) is 55.0 Å². The molecule has 6 nitrogen and oxygen atoms in total. The normalized spacial score (nSPS) is 13.6. The van der Waals surface area contributed by atoms with Crippen LogP contribution in [0.3, 0.4) is 0 Å². The third-order valence-corrected chi connectivity index (χ3v) is 5.05. The molecular weight excluding hydrogens is 398 g/mol. The third-order valence-electron chi connectivity index (χ3n) is 4.80. The molecule has 0 spiro atoms. The lowest BCUT2D eigenvalue weighted by Gasteiger charge is -2.31. The van der Waals surface area contributed by atoms with Gasteiger partial charge in [0.25, 0.3) is 0 Å². The molecule has 0 aromatic heterocycles. The summed E-state index contributed by atoms with van der Waals surface area (Å²) in [6.07, 6.45) is 0.904. The molecule has 1 aliphatic heterocycles. The predicted molar refractivity (Wildman–Crippen MR) is 126 cm³/mol. The van der Waals surface area contributed by atoms with E-state index >= 15 is 0 Å². The number of hydrogen-bond donors (Lipinski definition) is 2. The van der Waals surface area contributed by atoms with Crippen LogP contribution in [0.15, 0.2) is 42.5 Å². The van der Waals surface area contributed by atoms with Crippen LogP contribution < -0.4 is 25.0 Å². The molecule has 0 radical (unpaired) electrons. The summed E-state index contributed by atoms with van der Waals surface area (Å²) in [4.78, 5) is 2.28. The molecule has 0 saturated carbocycles. The Morgan fingerprint density at radius 1 is 1.03 bits per heavy atom. The molecule has 1 fully saturated rings. The number of benzene rings is 2. The van der Waals surface area contributed by atoms with E-state index in [2.05, 4.69) is 27.7 Å². The molecule has 3 rings (SSSR count). The van der Waals surface area contributed by atoms with Gasteiger partial charge in [-0.3, -0.25) is 0 Å². The zero-order chi connectivity index (χ0) is 21.2. The lowest BCUT2D eigenvalue weighted by atomic mass is 10.1. The van der Waals surface area contributed by atoms with Crippen LogP contribution >= 0.6 is 12.2 Å². The Balaban J connectivity index is 1.71. The fourth-order valence-corrected chi connectivity index (χ4v) is 3.59. The first-order chi connectivity index (χ1) is 14.7. The standard InChI is InChI=1S/C23H31N3O3S/c1-3-28-21-17-20(26-12-14-27-15-13-26)22(29-4-2)16-19(21)25-23(30)24-11-10-18-8-6-5-7-9-18/h5-9,16-17H,3-4,10-15H2,1-2H3,(H2,24,25,30). The van der Waals surface area contributed by atoms with Crippen molar-refractivity contribution in [3.8, 4) is 11.5 Å². The van der Waals surface area contributed by atoms with Gasteiger partial charge in [0, 0.05) is 31.8 Å². The van der Waals surface area contributed by atoms with Crippen LogP contribution in [0.1, 0.15) is 19.4 Å². The van der Waals surface area contributed by atoms with Crippen molar-refractivity contribution in [2.75, 3.05) is 56.3 Å². The highest BCUT2D eigenvalue weighted by Gasteiger charge is 2.20. The number of morpholine rings is 1. The molecule has 1 aliphatic rings. The van der Waals surface area contributed by atoms with E-state index in [1.807, 2.05) is 44.2 Å². The molecule has 0 aliphatic carbocycles. The number of anilines is 2. The first-order valence-corrected chi connectivity index (χ1v) is 11.0. The third kappa shape index (κ3) is 6.24. The average molecular weight is 430 g/mol. The number of ether oxygens (including phenoxy) is 3. The molecule has 2 aromatic carbocycles. The number of rotatable bonds is 9. The fourth-order valence-electron chi connectivity index (χ4n) is 3.38. The van der Waals surface area contributed by atoms with Gasteiger partial charge in [-0.2, -0.15) is 0 Å². The number of nitrogens with zero attached hydrogens (tertiary/aromatic N) is 1. The van der Waals surface area contributed by atoms with E-state index in [-0.39, 0.29) is 0 Å². The van der Waals surface area contributed by atoms with Gasteiger partial charge in [0.1, 0.15) is 11.5 Å². The van der Waals surface area contributed by atoms with Gasteiger partial charge >= 0.3 is 0 Å². The van der Waals surface area contributed by atoms with Gasteiger partial charge in [0.15, 0.2) is 5.11 Å². The van der Waals surface area contributed by atoms with Crippen molar-refractivity contribution in [2.24, 2.45) is 0 Å². The van der Waals surface area contributed by atoms with Crippen LogP contribution in [0, 0.1) is 0 Å². The second-order valence-electron chi connectivity index (χ2n) is 6.90. The molecule has 7 heteroatoms. The highest BCUT2D eigenvalue weighted by atomic mass is 32.1. The second kappa shape index (κ2) is 11.6. The summed E-state index contributed by atoms with van der Waals surface area (Å²) in [6.45, 7) is 8.97. The van der Waals surface area contributed by atoms with E-state index in [0.29, 0.717) is 31.5 Å². The summed E-state index contributed by atoms with van der Waals surface area (Å²) < 4.78 is 17.3. The van der Waals surface area contributed by atoms with Crippen LogP contribution in [-0.2, 0) is 11.2 Å². The van der Waals surface area contributed by atoms with E-state index in [0.717, 1.165) is 48.9 Å². The Morgan fingerprint density at radius 3 is 2.43 bits per heavy atom. The van der Waals surface area contributed by atoms with Crippen molar-refractivity contribution in [1.82, 2.24) is 5.32 Å². The maximum Gasteiger partial charge on any atom is 0.170 e. The Bertz CT molecular complexity index is 811. The van der Waals surface area contributed by atoms with E-state index in [9.17, 15) is 0 Å². The Hall–Kier alpha value is -2.51. The highest BCUT2D eigenvalue weighted by Crippen LogP contribution is 2.39. The van der Waals surface area contributed by atoms with Crippen molar-refractivity contribution in [3.63, 3.8) is 0 Å². The Morgan fingerprint density at radius 2 is 1.73 bits per heavy atom. The summed E-state index contributed by atoms with van der Waals surface area (Å²) in [5.41, 5.74) is 3.10. The van der Waals surface area contributed by atoms with Crippen molar-refractivity contribution in [3.05, 3.63) is 48.0 Å². The molecule has 30 heavy (non-hydrogen) atoms. The van der Waals surface area contributed by atoms with Gasteiger partial charge in [-0.15, -0.1) is 0 Å². The molecule has 1 heterocycles. The molecule has 1 saturated heterocycles. The zero-order valence-corrected chi connectivity index (χ0v) is 18.6. The first-order valence-electron chi connectivity index (χ1n) is 10.6. The van der Waals surface area contributed by atoms with Gasteiger partial charge in [-0.05, 0) is 38.0 Å². The van der Waals surface area contributed by atoms with Crippen LogP contribution in [0.5, 0.6) is 11.5 Å². The van der Waals surface area contributed by atoms with Crippen LogP contribution in [0.2, 0.25) is 0 Å². The summed E-state index contributed by atoms with van der Waals surface area (Å²) in [5.74, 6) is 1.58. The lowest BCUT2D eigenvalue weighted by molar-refractivity contribution is 0.122. The molecule has 0 bridgehead atoms. The van der Waals surface area contributed by atoms with Crippen molar-refractivity contribution < 1.29 is 14.2 Å². The molecule has 0 atom stereocenters. The van der Waals surface area contributed by atoms with Crippen LogP contribution in [0.25, 0.3) is 0 Å². The van der Waals surface area contributed by atoms with Gasteiger partial charge in [-0.1, -0.05) is 30.3 Å². The van der Waals surface area contributed by atoms with Crippen molar-refractivity contribution in [2.45, 2.75) is 20.3 Å². The van der Waals surface area contributed by atoms with E-state index < -0.39 is 0 Å². The molecule has 0 unspecified atom stereocenters. The SMILES string of the molecule is CCOc1cc(N2CCOCC2)c(OCC)cc1NC(=S)NCCc1ccccc1. The molecule has 162 valence electrons. The van der Waals surface area contributed by atoms with Gasteiger partial charge in [-0.25, -0.2) is 0 Å². The van der Waals surface area contributed by atoms with E-state index in [1.165, 1.54) is 5.56 Å². The van der Waals surface area contributed by atoms with Crippen molar-refractivity contribution in [1.29, 1.82) is 0 Å². The smallest absolute Gasteiger partial charge is 0.170 e. The zero-order valence-electron chi connectivity index (χ0n) is 17.8. The minimum Gasteiger partial charge on any atom is -0.492 e. The Kier molecular flexibility index (Phi) is 8.59. The monoisotopic (exact) mass is 429 g/mol. The van der Waals surface area contributed by atoms with E-state index in [4.69, 9.17) is 26.4 Å². The highest BCUT2D eigenvalue weighted by molar-refractivity contribution is 7.80. The summed E-state index contributed by atoms with van der Waals surface area (Å²) in [5, 5.41) is 7.12. The summed E-state index contributed by atoms with van der Waals surface area (Å²) in [7, 11) is 0. The molecular formula is C23H31N3O3S. The van der Waals surface area contributed by atoms with Crippen molar-refractivity contribution >= 4 is 28.7 Å². The number of nitrogens with one attached hydrogen (secondary N) is 2. The van der Waals surface area contributed by atoms with Crippen LogP contribution in [-0.4, -0.2) is 51.2 Å². The summed E-state index contributed by atoms with van der Waals surface area (Å²) >= 11 is 5.52. The maximum absolute atomic E-state index is 5.94. The quantitative estimate of drug-likeness (QED) is 0.587. The number of thiocarbonyl (C=S) groups is 1. The molecule has 2 aromatic rings. The molecule has 0 amide bonds. The van der Waals surface area contributed by atoms with Gasteiger partial charge in [0.05, 0.1) is 37.8 Å².